The van der Waals surface area contributed by atoms with E-state index in [9.17, 15) is 9.18 Å². The van der Waals surface area contributed by atoms with Gasteiger partial charge >= 0.3 is 5.97 Å². The van der Waals surface area contributed by atoms with Crippen molar-refractivity contribution in [1.82, 2.24) is 4.98 Å². The number of halogens is 2. The number of aromatic nitrogens is 1. The highest BCUT2D eigenvalue weighted by Crippen LogP contribution is 2.37. The number of fused-ring (bicyclic) bond motifs is 1. The fourth-order valence-corrected chi connectivity index (χ4v) is 2.89. The average molecular weight is 377 g/mol. The zero-order chi connectivity index (χ0) is 18.7. The molecule has 0 saturated heterocycles. The molecule has 1 heterocycles. The molecule has 7 heteroatoms. The molecule has 0 unspecified atom stereocenters. The van der Waals surface area contributed by atoms with Gasteiger partial charge in [0, 0.05) is 11.1 Å². The zero-order valence-electron chi connectivity index (χ0n) is 14.4. The minimum Gasteiger partial charge on any atom is -0.490 e. The summed E-state index contributed by atoms with van der Waals surface area (Å²) in [7, 11) is 0. The number of benzene rings is 2. The van der Waals surface area contributed by atoms with Crippen LogP contribution in [0, 0.1) is 5.82 Å². The summed E-state index contributed by atoms with van der Waals surface area (Å²) < 4.78 is 24.7. The van der Waals surface area contributed by atoms with Crippen LogP contribution in [0.1, 0.15) is 24.3 Å². The third kappa shape index (κ3) is 3.46. The summed E-state index contributed by atoms with van der Waals surface area (Å²) >= 11 is 6.21. The largest absolute Gasteiger partial charge is 0.490 e. The van der Waals surface area contributed by atoms with E-state index in [1.165, 1.54) is 6.07 Å². The Bertz CT molecular complexity index is 955. The van der Waals surface area contributed by atoms with E-state index in [2.05, 4.69) is 10.3 Å². The molecular formula is C19H18ClFN2O3. The van der Waals surface area contributed by atoms with E-state index in [0.717, 1.165) is 0 Å². The van der Waals surface area contributed by atoms with E-state index in [4.69, 9.17) is 21.1 Å². The fourth-order valence-electron chi connectivity index (χ4n) is 2.66. The summed E-state index contributed by atoms with van der Waals surface area (Å²) in [6.45, 7) is 4.26. The fraction of sp³-hybridized carbons (Fsp3) is 0.211. The Morgan fingerprint density at radius 2 is 2.00 bits per heavy atom. The van der Waals surface area contributed by atoms with Gasteiger partial charge in [0.2, 0.25) is 0 Å². The minimum absolute atomic E-state index is 0.186. The number of H-pyrrole nitrogens is 1. The molecule has 2 aromatic carbocycles. The van der Waals surface area contributed by atoms with Crippen LogP contribution in [-0.2, 0) is 4.74 Å². The molecule has 5 nitrogen and oxygen atoms in total. The lowest BCUT2D eigenvalue weighted by Crippen LogP contribution is -2.04. The Morgan fingerprint density at radius 1 is 1.19 bits per heavy atom. The standard InChI is InChI=1S/C19H18ClFN2O3/c1-3-25-18-12(20)6-5-7-15(18)22-14-9-8-13(21)17-11(14)10-16(23-17)19(24)26-4-2/h5-10,22-23H,3-4H2,1-2H3. The van der Waals surface area contributed by atoms with Crippen molar-refractivity contribution in [2.24, 2.45) is 0 Å². The van der Waals surface area contributed by atoms with Gasteiger partial charge in [-0.2, -0.15) is 0 Å². The van der Waals surface area contributed by atoms with Gasteiger partial charge in [0.1, 0.15) is 11.5 Å². The molecule has 0 radical (unpaired) electrons. The first-order chi connectivity index (χ1) is 12.5. The summed E-state index contributed by atoms with van der Waals surface area (Å²) in [4.78, 5) is 14.7. The molecule has 2 N–H and O–H groups in total. The number of anilines is 2. The molecule has 0 amide bonds. The van der Waals surface area contributed by atoms with Gasteiger partial charge < -0.3 is 19.8 Å². The van der Waals surface area contributed by atoms with E-state index < -0.39 is 11.8 Å². The molecule has 0 aliphatic carbocycles. The number of carbonyl (C=O) groups excluding carboxylic acids is 1. The van der Waals surface area contributed by atoms with Crippen molar-refractivity contribution in [2.75, 3.05) is 18.5 Å². The van der Waals surface area contributed by atoms with Crippen LogP contribution in [-0.4, -0.2) is 24.2 Å². The zero-order valence-corrected chi connectivity index (χ0v) is 15.1. The molecule has 0 saturated carbocycles. The smallest absolute Gasteiger partial charge is 0.354 e. The second kappa shape index (κ2) is 7.66. The van der Waals surface area contributed by atoms with E-state index in [0.29, 0.717) is 34.1 Å². The Labute approximate surface area is 155 Å². The Kier molecular flexibility index (Phi) is 5.32. The van der Waals surface area contributed by atoms with Crippen molar-refractivity contribution >= 4 is 39.8 Å². The molecule has 3 aromatic rings. The van der Waals surface area contributed by atoms with Crippen LogP contribution >= 0.6 is 11.6 Å². The van der Waals surface area contributed by atoms with Gasteiger partial charge in [0.25, 0.3) is 0 Å². The van der Waals surface area contributed by atoms with Crippen molar-refractivity contribution in [3.8, 4) is 5.75 Å². The average Bonchev–Trinajstić information content (AvgIpc) is 3.07. The highest BCUT2D eigenvalue weighted by molar-refractivity contribution is 6.32. The molecule has 0 aliphatic heterocycles. The van der Waals surface area contributed by atoms with Crippen molar-refractivity contribution in [3.63, 3.8) is 0 Å². The maximum absolute atomic E-state index is 14.2. The first-order valence-corrected chi connectivity index (χ1v) is 8.59. The molecule has 26 heavy (non-hydrogen) atoms. The van der Waals surface area contributed by atoms with E-state index in [1.807, 2.05) is 13.0 Å². The van der Waals surface area contributed by atoms with E-state index >= 15 is 0 Å². The van der Waals surface area contributed by atoms with Crippen LogP contribution in [0.25, 0.3) is 10.9 Å². The number of ether oxygens (including phenoxy) is 2. The molecule has 0 aliphatic rings. The number of hydrogen-bond donors (Lipinski definition) is 2. The monoisotopic (exact) mass is 376 g/mol. The number of para-hydroxylation sites is 1. The molecule has 0 atom stereocenters. The first-order valence-electron chi connectivity index (χ1n) is 8.21. The molecule has 0 fully saturated rings. The summed E-state index contributed by atoms with van der Waals surface area (Å²) in [6, 6.07) is 9.80. The van der Waals surface area contributed by atoms with E-state index in [-0.39, 0.29) is 17.8 Å². The second-order valence-electron chi connectivity index (χ2n) is 5.46. The lowest BCUT2D eigenvalue weighted by molar-refractivity contribution is 0.0520. The minimum atomic E-state index is -0.535. The SMILES string of the molecule is CCOC(=O)c1cc2c(Nc3cccc(Cl)c3OCC)ccc(F)c2[nH]1. The Hall–Kier alpha value is -2.73. The van der Waals surface area contributed by atoms with Gasteiger partial charge in [0.15, 0.2) is 5.75 Å². The number of carbonyl (C=O) groups is 1. The van der Waals surface area contributed by atoms with Crippen LogP contribution in [0.5, 0.6) is 5.75 Å². The predicted octanol–water partition coefficient (Wildman–Crippen LogP) is 5.28. The number of nitrogens with one attached hydrogen (secondary N) is 2. The molecule has 0 bridgehead atoms. The third-order valence-corrected chi connectivity index (χ3v) is 4.06. The van der Waals surface area contributed by atoms with Crippen LogP contribution < -0.4 is 10.1 Å². The highest BCUT2D eigenvalue weighted by Gasteiger charge is 2.16. The Morgan fingerprint density at radius 3 is 2.73 bits per heavy atom. The highest BCUT2D eigenvalue weighted by atomic mass is 35.5. The lowest BCUT2D eigenvalue weighted by Gasteiger charge is -2.14. The number of rotatable bonds is 6. The van der Waals surface area contributed by atoms with Crippen molar-refractivity contribution in [1.29, 1.82) is 0 Å². The van der Waals surface area contributed by atoms with Gasteiger partial charge in [-0.15, -0.1) is 0 Å². The normalized spacial score (nSPS) is 10.8. The predicted molar refractivity (Wildman–Crippen MR) is 100 cm³/mol. The van der Waals surface area contributed by atoms with Crippen molar-refractivity contribution < 1.29 is 18.7 Å². The van der Waals surface area contributed by atoms with Gasteiger partial charge in [-0.1, -0.05) is 17.7 Å². The maximum Gasteiger partial charge on any atom is 0.354 e. The molecule has 1 aromatic heterocycles. The maximum atomic E-state index is 14.2. The van der Waals surface area contributed by atoms with Crippen LogP contribution in [0.15, 0.2) is 36.4 Å². The van der Waals surface area contributed by atoms with E-state index in [1.54, 1.807) is 31.2 Å². The first kappa shape index (κ1) is 18.1. The number of esters is 1. The van der Waals surface area contributed by atoms with Crippen LogP contribution in [0.4, 0.5) is 15.8 Å². The van der Waals surface area contributed by atoms with Crippen molar-refractivity contribution in [2.45, 2.75) is 13.8 Å². The summed E-state index contributed by atoms with van der Waals surface area (Å²) in [6.07, 6.45) is 0. The number of hydrogen-bond acceptors (Lipinski definition) is 4. The quantitative estimate of drug-likeness (QED) is 0.574. The topological polar surface area (TPSA) is 63.4 Å². The number of aromatic amines is 1. The summed E-state index contributed by atoms with van der Waals surface area (Å²) in [5.41, 5.74) is 1.66. The molecule has 136 valence electrons. The van der Waals surface area contributed by atoms with Gasteiger partial charge in [-0.05, 0) is 44.2 Å². The van der Waals surface area contributed by atoms with Gasteiger partial charge in [-0.25, -0.2) is 9.18 Å². The molecular weight excluding hydrogens is 359 g/mol. The summed E-state index contributed by atoms with van der Waals surface area (Å²) in [5.74, 6) is -0.487. The molecule has 0 spiro atoms. The second-order valence-corrected chi connectivity index (χ2v) is 5.87. The summed E-state index contributed by atoms with van der Waals surface area (Å²) in [5, 5.41) is 4.20. The van der Waals surface area contributed by atoms with Gasteiger partial charge in [-0.3, -0.25) is 0 Å². The third-order valence-electron chi connectivity index (χ3n) is 3.76. The Balaban J connectivity index is 2.05. The van der Waals surface area contributed by atoms with Crippen LogP contribution in [0.2, 0.25) is 5.02 Å². The van der Waals surface area contributed by atoms with Crippen LogP contribution in [0.3, 0.4) is 0 Å². The lowest BCUT2D eigenvalue weighted by atomic mass is 10.2. The van der Waals surface area contributed by atoms with Gasteiger partial charge in [0.05, 0.1) is 29.4 Å². The van der Waals surface area contributed by atoms with Crippen molar-refractivity contribution in [3.05, 3.63) is 52.9 Å². The molecule has 3 rings (SSSR count).